The van der Waals surface area contributed by atoms with E-state index in [1.165, 1.54) is 6.08 Å². The number of hydrogen-bond donors (Lipinski definition) is 1. The standard InChI is InChI=1S/C29H24N6O2/c1-21-17-25(37-29-31-15-6-16-32-29)11-12-26(21)33-27(36)13-10-24-20-35(19-22-7-3-2-4-8-22)34-28(24)23-9-5-14-30-18-23/h2-18,20H,19H2,1H3,(H,33,36)/b13-10+. The molecule has 8 heteroatoms. The molecule has 0 atom stereocenters. The van der Waals surface area contributed by atoms with E-state index in [2.05, 4.69) is 32.4 Å². The Kier molecular flexibility index (Phi) is 7.08. The first-order valence-corrected chi connectivity index (χ1v) is 11.7. The van der Waals surface area contributed by atoms with Crippen molar-refractivity contribution in [3.63, 3.8) is 0 Å². The molecule has 0 aliphatic heterocycles. The summed E-state index contributed by atoms with van der Waals surface area (Å²) in [4.78, 5) is 25.1. The Hall–Kier alpha value is -5.11. The smallest absolute Gasteiger partial charge is 0.321 e. The average Bonchev–Trinajstić information content (AvgIpc) is 3.33. The summed E-state index contributed by atoms with van der Waals surface area (Å²) in [5.74, 6) is 0.334. The van der Waals surface area contributed by atoms with E-state index >= 15 is 0 Å². The van der Waals surface area contributed by atoms with Gasteiger partial charge < -0.3 is 10.1 Å². The number of rotatable bonds is 8. The van der Waals surface area contributed by atoms with Crippen molar-refractivity contribution in [2.24, 2.45) is 0 Å². The number of carbonyl (C=O) groups excluding carboxylic acids is 1. The largest absolute Gasteiger partial charge is 0.424 e. The molecule has 0 saturated carbocycles. The lowest BCUT2D eigenvalue weighted by molar-refractivity contribution is -0.111. The highest BCUT2D eigenvalue weighted by Gasteiger charge is 2.11. The molecule has 182 valence electrons. The number of benzene rings is 2. The number of nitrogens with zero attached hydrogens (tertiary/aromatic N) is 5. The zero-order valence-electron chi connectivity index (χ0n) is 20.2. The van der Waals surface area contributed by atoms with Crippen LogP contribution in [0.2, 0.25) is 0 Å². The lowest BCUT2D eigenvalue weighted by atomic mass is 10.1. The fourth-order valence-corrected chi connectivity index (χ4v) is 3.76. The molecule has 37 heavy (non-hydrogen) atoms. The van der Waals surface area contributed by atoms with E-state index in [0.717, 1.165) is 27.9 Å². The van der Waals surface area contributed by atoms with Crippen molar-refractivity contribution in [1.82, 2.24) is 24.7 Å². The number of pyridine rings is 1. The summed E-state index contributed by atoms with van der Waals surface area (Å²) in [5.41, 5.74) is 5.13. The van der Waals surface area contributed by atoms with Crippen LogP contribution >= 0.6 is 0 Å². The van der Waals surface area contributed by atoms with E-state index in [0.29, 0.717) is 18.0 Å². The molecule has 0 spiro atoms. The minimum absolute atomic E-state index is 0.254. The van der Waals surface area contributed by atoms with Gasteiger partial charge in [-0.2, -0.15) is 5.10 Å². The van der Waals surface area contributed by atoms with Crippen molar-refractivity contribution in [3.05, 3.63) is 120 Å². The van der Waals surface area contributed by atoms with Crippen molar-refractivity contribution in [3.8, 4) is 23.0 Å². The monoisotopic (exact) mass is 488 g/mol. The second-order valence-electron chi connectivity index (χ2n) is 8.29. The zero-order valence-corrected chi connectivity index (χ0v) is 20.2. The summed E-state index contributed by atoms with van der Waals surface area (Å²) in [6.07, 6.45) is 11.9. The SMILES string of the molecule is Cc1cc(Oc2ncccn2)ccc1NC(=O)/C=C/c1cn(Cc2ccccc2)nc1-c1cccnc1. The maximum Gasteiger partial charge on any atom is 0.321 e. The quantitative estimate of drug-likeness (QED) is 0.288. The van der Waals surface area contributed by atoms with Crippen molar-refractivity contribution in [2.75, 3.05) is 5.32 Å². The second kappa shape index (κ2) is 11.1. The first kappa shape index (κ1) is 23.6. The van der Waals surface area contributed by atoms with Gasteiger partial charge in [0.05, 0.1) is 6.54 Å². The Morgan fingerprint density at radius 1 is 1.00 bits per heavy atom. The molecule has 0 unspecified atom stereocenters. The fraction of sp³-hybridized carbons (Fsp3) is 0.0690. The summed E-state index contributed by atoms with van der Waals surface area (Å²) < 4.78 is 7.53. The predicted molar refractivity (Wildman–Crippen MR) is 142 cm³/mol. The van der Waals surface area contributed by atoms with E-state index in [9.17, 15) is 4.79 Å². The molecule has 0 fully saturated rings. The van der Waals surface area contributed by atoms with Crippen LogP contribution in [0.25, 0.3) is 17.3 Å². The molecule has 5 aromatic rings. The molecule has 1 amide bonds. The van der Waals surface area contributed by atoms with E-state index < -0.39 is 0 Å². The number of amides is 1. The summed E-state index contributed by atoms with van der Waals surface area (Å²) >= 11 is 0. The third kappa shape index (κ3) is 6.12. The molecular formula is C29H24N6O2. The maximum absolute atomic E-state index is 12.8. The minimum Gasteiger partial charge on any atom is -0.424 e. The minimum atomic E-state index is -0.254. The van der Waals surface area contributed by atoms with Crippen LogP contribution in [0.5, 0.6) is 11.8 Å². The highest BCUT2D eigenvalue weighted by atomic mass is 16.5. The normalized spacial score (nSPS) is 10.9. The number of aromatic nitrogens is 5. The molecule has 5 rings (SSSR count). The van der Waals surface area contributed by atoms with Gasteiger partial charge in [-0.3, -0.25) is 14.5 Å². The van der Waals surface area contributed by atoms with Gasteiger partial charge in [0.1, 0.15) is 11.4 Å². The first-order chi connectivity index (χ1) is 18.1. The highest BCUT2D eigenvalue weighted by Crippen LogP contribution is 2.25. The molecule has 2 aromatic carbocycles. The van der Waals surface area contributed by atoms with Gasteiger partial charge in [-0.05, 0) is 60.5 Å². The van der Waals surface area contributed by atoms with Crippen LogP contribution in [-0.4, -0.2) is 30.6 Å². The van der Waals surface area contributed by atoms with E-state index in [1.54, 1.807) is 49.1 Å². The molecule has 8 nitrogen and oxygen atoms in total. The molecule has 1 N–H and O–H groups in total. The van der Waals surface area contributed by atoms with Crippen LogP contribution in [-0.2, 0) is 11.3 Å². The van der Waals surface area contributed by atoms with Gasteiger partial charge in [0.2, 0.25) is 5.91 Å². The lowest BCUT2D eigenvalue weighted by Crippen LogP contribution is -2.09. The van der Waals surface area contributed by atoms with Gasteiger partial charge in [-0.25, -0.2) is 9.97 Å². The molecule has 3 aromatic heterocycles. The number of ether oxygens (including phenoxy) is 1. The number of aryl methyl sites for hydroxylation is 1. The number of carbonyl (C=O) groups is 1. The second-order valence-corrected chi connectivity index (χ2v) is 8.29. The number of nitrogens with one attached hydrogen (secondary N) is 1. The van der Waals surface area contributed by atoms with Crippen molar-refractivity contribution >= 4 is 17.7 Å². The number of anilines is 1. The van der Waals surface area contributed by atoms with Crippen molar-refractivity contribution in [1.29, 1.82) is 0 Å². The molecule has 3 heterocycles. The Balaban J connectivity index is 1.32. The Morgan fingerprint density at radius 2 is 1.84 bits per heavy atom. The van der Waals surface area contributed by atoms with Gasteiger partial charge in [0, 0.05) is 53.9 Å². The number of hydrogen-bond acceptors (Lipinski definition) is 6. The maximum atomic E-state index is 12.8. The molecule has 0 aliphatic rings. The van der Waals surface area contributed by atoms with Gasteiger partial charge in [-0.1, -0.05) is 30.3 Å². The Bertz CT molecular complexity index is 1520. The third-order valence-corrected chi connectivity index (χ3v) is 5.53. The fourth-order valence-electron chi connectivity index (χ4n) is 3.76. The predicted octanol–water partition coefficient (Wildman–Crippen LogP) is 5.54. The van der Waals surface area contributed by atoms with Crippen LogP contribution in [0.15, 0.2) is 104 Å². The van der Waals surface area contributed by atoms with Crippen LogP contribution in [0.4, 0.5) is 5.69 Å². The molecule has 0 radical (unpaired) electrons. The van der Waals surface area contributed by atoms with Gasteiger partial charge in [0.25, 0.3) is 0 Å². The van der Waals surface area contributed by atoms with Crippen LogP contribution in [0.1, 0.15) is 16.7 Å². The summed E-state index contributed by atoms with van der Waals surface area (Å²) in [7, 11) is 0. The van der Waals surface area contributed by atoms with E-state index in [4.69, 9.17) is 9.84 Å². The molecule has 0 saturated heterocycles. The summed E-state index contributed by atoms with van der Waals surface area (Å²) in [6.45, 7) is 2.52. The average molecular weight is 489 g/mol. The highest BCUT2D eigenvalue weighted by molar-refractivity contribution is 6.02. The van der Waals surface area contributed by atoms with Gasteiger partial charge in [0.15, 0.2) is 0 Å². The van der Waals surface area contributed by atoms with Crippen molar-refractivity contribution < 1.29 is 9.53 Å². The Morgan fingerprint density at radius 3 is 2.59 bits per heavy atom. The molecule has 0 aliphatic carbocycles. The van der Waals surface area contributed by atoms with E-state index in [1.807, 2.05) is 54.2 Å². The molecular weight excluding hydrogens is 464 g/mol. The summed E-state index contributed by atoms with van der Waals surface area (Å²) in [6, 6.07) is 21.3. The topological polar surface area (TPSA) is 94.8 Å². The third-order valence-electron chi connectivity index (χ3n) is 5.53. The van der Waals surface area contributed by atoms with Crippen LogP contribution in [0, 0.1) is 6.92 Å². The molecule has 0 bridgehead atoms. The van der Waals surface area contributed by atoms with E-state index in [-0.39, 0.29) is 11.9 Å². The summed E-state index contributed by atoms with van der Waals surface area (Å²) in [5, 5.41) is 7.69. The first-order valence-electron chi connectivity index (χ1n) is 11.7. The van der Waals surface area contributed by atoms with Crippen LogP contribution < -0.4 is 10.1 Å². The Labute approximate surface area is 214 Å². The lowest BCUT2D eigenvalue weighted by Gasteiger charge is -2.09. The van der Waals surface area contributed by atoms with Gasteiger partial charge >= 0.3 is 6.01 Å². The van der Waals surface area contributed by atoms with Crippen molar-refractivity contribution in [2.45, 2.75) is 13.5 Å². The van der Waals surface area contributed by atoms with Gasteiger partial charge in [-0.15, -0.1) is 0 Å². The zero-order chi connectivity index (χ0) is 25.5. The van der Waals surface area contributed by atoms with Crippen LogP contribution in [0.3, 0.4) is 0 Å².